The maximum atomic E-state index is 11.4. The van der Waals surface area contributed by atoms with Crippen LogP contribution in [-0.2, 0) is 11.3 Å². The molecule has 0 spiro atoms. The molecule has 0 saturated carbocycles. The van der Waals surface area contributed by atoms with Crippen LogP contribution < -0.4 is 10.0 Å². The van der Waals surface area contributed by atoms with Crippen LogP contribution in [0.4, 0.5) is 17.1 Å². The van der Waals surface area contributed by atoms with E-state index in [1.807, 2.05) is 19.1 Å². The summed E-state index contributed by atoms with van der Waals surface area (Å²) in [5, 5.41) is 0. The molecule has 2 aromatic carbocycles. The number of nitrogens with two attached hydrogens (primary N) is 1. The fourth-order valence-electron chi connectivity index (χ4n) is 1.61. The second-order valence-electron chi connectivity index (χ2n) is 3.94. The van der Waals surface area contributed by atoms with E-state index >= 15 is 0 Å². The summed E-state index contributed by atoms with van der Waals surface area (Å²) in [5.74, 6) is 0. The van der Waals surface area contributed by atoms with E-state index in [1.54, 1.807) is 36.4 Å². The minimum Gasteiger partial charge on any atom is -0.755 e. The molecular weight excluding hydrogens is 248 g/mol. The molecule has 0 aliphatic rings. The van der Waals surface area contributed by atoms with Crippen molar-refractivity contribution >= 4 is 28.3 Å². The van der Waals surface area contributed by atoms with Gasteiger partial charge in [-0.1, -0.05) is 17.7 Å². The molecule has 0 aliphatic heterocycles. The number of aryl methyl sites for hydroxylation is 1. The Morgan fingerprint density at radius 3 is 1.89 bits per heavy atom. The highest BCUT2D eigenvalue weighted by molar-refractivity contribution is 7.81. The van der Waals surface area contributed by atoms with Crippen molar-refractivity contribution in [3.63, 3.8) is 0 Å². The van der Waals surface area contributed by atoms with Gasteiger partial charge in [-0.25, -0.2) is 0 Å². The third-order valence-corrected chi connectivity index (χ3v) is 3.26. The summed E-state index contributed by atoms with van der Waals surface area (Å²) in [6.07, 6.45) is 0. The van der Waals surface area contributed by atoms with Gasteiger partial charge in [0.25, 0.3) is 0 Å². The van der Waals surface area contributed by atoms with Crippen LogP contribution >= 0.6 is 0 Å². The van der Waals surface area contributed by atoms with Gasteiger partial charge in [0.15, 0.2) is 0 Å². The summed E-state index contributed by atoms with van der Waals surface area (Å²) in [4.78, 5) is 0. The molecule has 4 nitrogen and oxygen atoms in total. The monoisotopic (exact) mass is 261 g/mol. The molecule has 94 valence electrons. The maximum absolute atomic E-state index is 11.4. The molecule has 1 atom stereocenters. The van der Waals surface area contributed by atoms with E-state index in [-0.39, 0.29) is 0 Å². The van der Waals surface area contributed by atoms with Crippen LogP contribution in [0.2, 0.25) is 0 Å². The van der Waals surface area contributed by atoms with E-state index in [1.165, 1.54) is 4.31 Å². The van der Waals surface area contributed by atoms with Crippen LogP contribution in [0.25, 0.3) is 0 Å². The first-order valence-electron chi connectivity index (χ1n) is 5.39. The molecule has 0 amide bonds. The minimum atomic E-state index is -2.38. The van der Waals surface area contributed by atoms with Gasteiger partial charge in [-0.05, 0) is 43.3 Å². The molecular formula is C13H13N2O2S-. The second kappa shape index (κ2) is 5.20. The summed E-state index contributed by atoms with van der Waals surface area (Å²) in [5.41, 5.74) is 8.41. The Morgan fingerprint density at radius 2 is 1.44 bits per heavy atom. The van der Waals surface area contributed by atoms with E-state index in [0.717, 1.165) is 5.56 Å². The van der Waals surface area contributed by atoms with Crippen LogP contribution in [0, 0.1) is 6.92 Å². The van der Waals surface area contributed by atoms with Gasteiger partial charge in [0.2, 0.25) is 0 Å². The predicted octanol–water partition coefficient (Wildman–Crippen LogP) is 2.51. The average Bonchev–Trinajstić information content (AvgIpc) is 2.34. The lowest BCUT2D eigenvalue weighted by molar-refractivity contribution is 0.537. The highest BCUT2D eigenvalue weighted by Gasteiger charge is 2.09. The zero-order valence-corrected chi connectivity index (χ0v) is 10.7. The zero-order valence-electron chi connectivity index (χ0n) is 9.87. The molecule has 5 heteroatoms. The van der Waals surface area contributed by atoms with Gasteiger partial charge in [0, 0.05) is 5.69 Å². The number of nitrogens with zero attached hydrogens (tertiary/aromatic N) is 1. The Labute approximate surface area is 108 Å². The topological polar surface area (TPSA) is 69.4 Å². The number of rotatable bonds is 3. The maximum Gasteiger partial charge on any atom is 0.0539 e. The Hall–Kier alpha value is -1.85. The number of benzene rings is 2. The third-order valence-electron chi connectivity index (χ3n) is 2.55. The summed E-state index contributed by atoms with van der Waals surface area (Å²) in [7, 11) is 0. The molecule has 0 fully saturated rings. The standard InChI is InChI=1S/C13H14N2O2S/c1-10-2-6-12(7-3-10)15(18(16)17)13-8-4-11(14)5-9-13/h2-9H,14H2,1H3,(H,16,17)/p-1. The number of hydrogen-bond acceptors (Lipinski definition) is 3. The first-order chi connectivity index (χ1) is 8.58. The van der Waals surface area contributed by atoms with Crippen LogP contribution in [-0.4, -0.2) is 8.76 Å². The van der Waals surface area contributed by atoms with Crippen molar-refractivity contribution in [2.24, 2.45) is 0 Å². The fourth-order valence-corrected chi connectivity index (χ4v) is 2.20. The average molecular weight is 261 g/mol. The van der Waals surface area contributed by atoms with Crippen molar-refractivity contribution in [1.82, 2.24) is 0 Å². The van der Waals surface area contributed by atoms with Crippen molar-refractivity contribution < 1.29 is 8.76 Å². The van der Waals surface area contributed by atoms with Crippen LogP contribution in [0.15, 0.2) is 48.5 Å². The second-order valence-corrected chi connectivity index (χ2v) is 4.74. The molecule has 2 aromatic rings. The summed E-state index contributed by atoms with van der Waals surface area (Å²) in [6, 6.07) is 13.9. The summed E-state index contributed by atoms with van der Waals surface area (Å²) < 4.78 is 24.0. The Balaban J connectivity index is 2.43. The Kier molecular flexibility index (Phi) is 3.64. The lowest BCUT2D eigenvalue weighted by Gasteiger charge is -2.26. The van der Waals surface area contributed by atoms with Crippen LogP contribution in [0.3, 0.4) is 0 Å². The lowest BCUT2D eigenvalue weighted by atomic mass is 10.2. The van der Waals surface area contributed by atoms with Gasteiger partial charge in [0.1, 0.15) is 0 Å². The van der Waals surface area contributed by atoms with Crippen LogP contribution in [0.5, 0.6) is 0 Å². The van der Waals surface area contributed by atoms with Crippen molar-refractivity contribution in [2.75, 3.05) is 10.0 Å². The normalized spacial score (nSPS) is 12.1. The zero-order chi connectivity index (χ0) is 13.1. The fraction of sp³-hybridized carbons (Fsp3) is 0.0769. The van der Waals surface area contributed by atoms with E-state index in [9.17, 15) is 8.76 Å². The molecule has 2 rings (SSSR count). The van der Waals surface area contributed by atoms with Gasteiger partial charge < -0.3 is 10.3 Å². The van der Waals surface area contributed by atoms with E-state index in [0.29, 0.717) is 17.1 Å². The Bertz CT molecular complexity index is 507. The Morgan fingerprint density at radius 1 is 1.00 bits per heavy atom. The van der Waals surface area contributed by atoms with Crippen molar-refractivity contribution in [3.05, 3.63) is 54.1 Å². The first-order valence-corrected chi connectivity index (χ1v) is 6.43. The summed E-state index contributed by atoms with van der Waals surface area (Å²) >= 11 is -2.38. The van der Waals surface area contributed by atoms with Gasteiger partial charge in [0.05, 0.1) is 22.6 Å². The molecule has 1 unspecified atom stereocenters. The first kappa shape index (κ1) is 12.6. The molecule has 2 N–H and O–H groups in total. The number of hydrogen-bond donors (Lipinski definition) is 1. The van der Waals surface area contributed by atoms with E-state index in [4.69, 9.17) is 5.73 Å². The van der Waals surface area contributed by atoms with Gasteiger partial charge in [-0.3, -0.25) is 8.51 Å². The molecule has 0 bridgehead atoms. The smallest absolute Gasteiger partial charge is 0.0539 e. The van der Waals surface area contributed by atoms with Crippen molar-refractivity contribution in [1.29, 1.82) is 0 Å². The molecule has 0 saturated heterocycles. The van der Waals surface area contributed by atoms with Crippen LogP contribution in [0.1, 0.15) is 5.56 Å². The number of anilines is 3. The van der Waals surface area contributed by atoms with Gasteiger partial charge in [-0.2, -0.15) is 0 Å². The highest BCUT2D eigenvalue weighted by atomic mass is 32.2. The van der Waals surface area contributed by atoms with Crippen molar-refractivity contribution in [3.8, 4) is 0 Å². The SMILES string of the molecule is Cc1ccc(N(c2ccc(N)cc2)S(=O)[O-])cc1. The van der Waals surface area contributed by atoms with E-state index < -0.39 is 11.3 Å². The third kappa shape index (κ3) is 2.69. The quantitative estimate of drug-likeness (QED) is 0.681. The minimum absolute atomic E-state index is 0.557. The van der Waals surface area contributed by atoms with Gasteiger partial charge in [-0.15, -0.1) is 0 Å². The molecule has 0 heterocycles. The highest BCUT2D eigenvalue weighted by Crippen LogP contribution is 2.27. The number of nitrogen functional groups attached to an aromatic ring is 1. The van der Waals surface area contributed by atoms with Gasteiger partial charge >= 0.3 is 0 Å². The largest absolute Gasteiger partial charge is 0.755 e. The molecule has 0 radical (unpaired) electrons. The lowest BCUT2D eigenvalue weighted by Crippen LogP contribution is -2.19. The molecule has 0 aromatic heterocycles. The summed E-state index contributed by atoms with van der Waals surface area (Å²) in [6.45, 7) is 1.95. The van der Waals surface area contributed by atoms with E-state index in [2.05, 4.69) is 0 Å². The molecule has 0 aliphatic carbocycles. The van der Waals surface area contributed by atoms with Crippen molar-refractivity contribution in [2.45, 2.75) is 6.92 Å². The predicted molar refractivity (Wildman–Crippen MR) is 73.1 cm³/mol. The molecule has 18 heavy (non-hydrogen) atoms.